The molecule has 0 bridgehead atoms. The van der Waals surface area contributed by atoms with Crippen molar-refractivity contribution in [1.82, 2.24) is 4.98 Å². The summed E-state index contributed by atoms with van der Waals surface area (Å²) in [7, 11) is 0. The molecule has 3 nitrogen and oxygen atoms in total. The number of aromatic nitrogens is 1. The summed E-state index contributed by atoms with van der Waals surface area (Å²) < 4.78 is 6.15. The van der Waals surface area contributed by atoms with E-state index in [-0.39, 0.29) is 5.97 Å². The maximum Gasteiger partial charge on any atom is 0.340 e. The van der Waals surface area contributed by atoms with Crippen molar-refractivity contribution in [1.29, 1.82) is 0 Å². The van der Waals surface area contributed by atoms with E-state index in [9.17, 15) is 4.79 Å². The molecule has 0 amide bonds. The van der Waals surface area contributed by atoms with Gasteiger partial charge in [0.05, 0.1) is 12.2 Å². The Morgan fingerprint density at radius 2 is 2.29 bits per heavy atom. The molecule has 0 atom stereocenters. The van der Waals surface area contributed by atoms with Crippen LogP contribution in [0.5, 0.6) is 0 Å². The van der Waals surface area contributed by atoms with Crippen LogP contribution in [0.15, 0.2) is 28.9 Å². The molecule has 0 unspecified atom stereocenters. The van der Waals surface area contributed by atoms with Crippen molar-refractivity contribution in [3.8, 4) is 0 Å². The largest absolute Gasteiger partial charge is 0.462 e. The normalized spacial score (nSPS) is 10.7. The maximum atomic E-state index is 11.8. The molecule has 1 aromatic heterocycles. The highest BCUT2D eigenvalue weighted by atomic mass is 79.9. The lowest BCUT2D eigenvalue weighted by Crippen LogP contribution is -2.05. The Bertz CT molecular complexity index is 533. The Labute approximate surface area is 108 Å². The Morgan fingerprint density at radius 3 is 3.06 bits per heavy atom. The van der Waals surface area contributed by atoms with Crippen molar-refractivity contribution in [3.63, 3.8) is 0 Å². The monoisotopic (exact) mass is 295 g/mol. The van der Waals surface area contributed by atoms with E-state index >= 15 is 0 Å². The van der Waals surface area contributed by atoms with E-state index in [0.717, 1.165) is 28.2 Å². The van der Waals surface area contributed by atoms with E-state index in [1.165, 1.54) is 0 Å². The van der Waals surface area contributed by atoms with E-state index in [1.807, 2.05) is 18.2 Å². The van der Waals surface area contributed by atoms with Gasteiger partial charge in [0.15, 0.2) is 0 Å². The van der Waals surface area contributed by atoms with Crippen LogP contribution in [0, 0.1) is 0 Å². The predicted molar refractivity (Wildman–Crippen MR) is 71.2 cm³/mol. The standard InChI is InChI=1S/C13H14BrNO2/c1-2-3-6-17-13(16)11-8-15-12-5-4-9(14)7-10(11)12/h4-5,7-8,15H,2-3,6H2,1H3. The molecule has 1 aromatic carbocycles. The SMILES string of the molecule is CCCCOC(=O)c1c[nH]c2ccc(Br)cc12. The summed E-state index contributed by atoms with van der Waals surface area (Å²) >= 11 is 3.40. The summed E-state index contributed by atoms with van der Waals surface area (Å²) in [6.07, 6.45) is 3.62. The van der Waals surface area contributed by atoms with Gasteiger partial charge < -0.3 is 9.72 Å². The summed E-state index contributed by atoms with van der Waals surface area (Å²) in [6, 6.07) is 5.79. The molecular formula is C13H14BrNO2. The third-order valence-electron chi connectivity index (χ3n) is 2.59. The summed E-state index contributed by atoms with van der Waals surface area (Å²) in [5.41, 5.74) is 1.54. The van der Waals surface area contributed by atoms with Crippen LogP contribution in [0.4, 0.5) is 0 Å². The zero-order chi connectivity index (χ0) is 12.3. The van der Waals surface area contributed by atoms with Gasteiger partial charge in [-0.2, -0.15) is 0 Å². The van der Waals surface area contributed by atoms with Gasteiger partial charge in [-0.05, 0) is 24.6 Å². The van der Waals surface area contributed by atoms with Crippen LogP contribution in [-0.2, 0) is 4.74 Å². The van der Waals surface area contributed by atoms with Crippen LogP contribution in [0.2, 0.25) is 0 Å². The van der Waals surface area contributed by atoms with Crippen molar-refractivity contribution in [2.75, 3.05) is 6.61 Å². The Hall–Kier alpha value is -1.29. The van der Waals surface area contributed by atoms with Crippen molar-refractivity contribution in [2.45, 2.75) is 19.8 Å². The molecule has 1 N–H and O–H groups in total. The van der Waals surface area contributed by atoms with Gasteiger partial charge in [-0.1, -0.05) is 29.3 Å². The first-order valence-corrected chi connectivity index (χ1v) is 6.45. The second kappa shape index (κ2) is 5.36. The van der Waals surface area contributed by atoms with Gasteiger partial charge >= 0.3 is 5.97 Å². The van der Waals surface area contributed by atoms with Gasteiger partial charge in [0.2, 0.25) is 0 Å². The molecule has 2 aromatic rings. The highest BCUT2D eigenvalue weighted by molar-refractivity contribution is 9.10. The molecule has 4 heteroatoms. The number of carbonyl (C=O) groups excluding carboxylic acids is 1. The molecule has 2 rings (SSSR count). The fourth-order valence-electron chi connectivity index (χ4n) is 1.65. The number of unbranched alkanes of at least 4 members (excludes halogenated alkanes) is 1. The molecule has 0 fully saturated rings. The second-order valence-corrected chi connectivity index (χ2v) is 4.80. The molecule has 0 aliphatic rings. The van der Waals surface area contributed by atoms with Crippen LogP contribution in [0.1, 0.15) is 30.1 Å². The average molecular weight is 296 g/mol. The number of benzene rings is 1. The van der Waals surface area contributed by atoms with Crippen LogP contribution in [0.3, 0.4) is 0 Å². The third kappa shape index (κ3) is 2.69. The number of nitrogens with one attached hydrogen (secondary N) is 1. The van der Waals surface area contributed by atoms with Crippen molar-refractivity contribution in [3.05, 3.63) is 34.4 Å². The number of rotatable bonds is 4. The van der Waals surface area contributed by atoms with Crippen molar-refractivity contribution < 1.29 is 9.53 Å². The average Bonchev–Trinajstić information content (AvgIpc) is 2.72. The molecule has 0 aliphatic heterocycles. The number of fused-ring (bicyclic) bond motifs is 1. The lowest BCUT2D eigenvalue weighted by Gasteiger charge is -2.02. The van der Waals surface area contributed by atoms with Gasteiger partial charge in [0.1, 0.15) is 0 Å². The van der Waals surface area contributed by atoms with Crippen LogP contribution in [-0.4, -0.2) is 17.6 Å². The predicted octanol–water partition coefficient (Wildman–Crippen LogP) is 3.89. The smallest absolute Gasteiger partial charge is 0.340 e. The Kier molecular flexibility index (Phi) is 3.84. The van der Waals surface area contributed by atoms with Crippen LogP contribution < -0.4 is 0 Å². The Balaban J connectivity index is 2.23. The summed E-state index contributed by atoms with van der Waals surface area (Å²) in [5, 5.41) is 0.890. The first-order chi connectivity index (χ1) is 8.22. The first kappa shape index (κ1) is 12.2. The topological polar surface area (TPSA) is 42.1 Å². The van der Waals surface area contributed by atoms with Gasteiger partial charge in [-0.3, -0.25) is 0 Å². The van der Waals surface area contributed by atoms with E-state index in [2.05, 4.69) is 27.8 Å². The van der Waals surface area contributed by atoms with Crippen LogP contribution in [0.25, 0.3) is 10.9 Å². The van der Waals surface area contributed by atoms with Crippen molar-refractivity contribution >= 4 is 32.8 Å². The van der Waals surface area contributed by atoms with Gasteiger partial charge in [0, 0.05) is 21.6 Å². The minimum absolute atomic E-state index is 0.261. The zero-order valence-corrected chi connectivity index (χ0v) is 11.2. The highest BCUT2D eigenvalue weighted by Gasteiger charge is 2.13. The number of aromatic amines is 1. The number of halogens is 1. The summed E-state index contributed by atoms with van der Waals surface area (Å²) in [5.74, 6) is -0.261. The van der Waals surface area contributed by atoms with Crippen LogP contribution >= 0.6 is 15.9 Å². The van der Waals surface area contributed by atoms with E-state index in [1.54, 1.807) is 6.20 Å². The quantitative estimate of drug-likeness (QED) is 0.687. The molecule has 17 heavy (non-hydrogen) atoms. The first-order valence-electron chi connectivity index (χ1n) is 5.66. The summed E-state index contributed by atoms with van der Waals surface area (Å²) in [6.45, 7) is 2.55. The molecule has 1 heterocycles. The number of hydrogen-bond acceptors (Lipinski definition) is 2. The van der Waals surface area contributed by atoms with Gasteiger partial charge in [0.25, 0.3) is 0 Å². The van der Waals surface area contributed by atoms with Gasteiger partial charge in [-0.25, -0.2) is 4.79 Å². The molecular weight excluding hydrogens is 282 g/mol. The lowest BCUT2D eigenvalue weighted by molar-refractivity contribution is 0.0502. The number of carbonyl (C=O) groups is 1. The summed E-state index contributed by atoms with van der Waals surface area (Å²) in [4.78, 5) is 14.9. The van der Waals surface area contributed by atoms with E-state index in [4.69, 9.17) is 4.74 Å². The molecule has 0 radical (unpaired) electrons. The molecule has 90 valence electrons. The second-order valence-electron chi connectivity index (χ2n) is 3.88. The Morgan fingerprint density at radius 1 is 1.47 bits per heavy atom. The highest BCUT2D eigenvalue weighted by Crippen LogP contribution is 2.23. The number of hydrogen-bond donors (Lipinski definition) is 1. The number of ether oxygens (including phenoxy) is 1. The fraction of sp³-hybridized carbons (Fsp3) is 0.308. The minimum atomic E-state index is -0.261. The molecule has 0 aliphatic carbocycles. The molecule has 0 spiro atoms. The molecule has 0 saturated heterocycles. The fourth-order valence-corrected chi connectivity index (χ4v) is 2.01. The third-order valence-corrected chi connectivity index (χ3v) is 3.09. The van der Waals surface area contributed by atoms with Gasteiger partial charge in [-0.15, -0.1) is 0 Å². The van der Waals surface area contributed by atoms with E-state index < -0.39 is 0 Å². The molecule has 0 saturated carbocycles. The lowest BCUT2D eigenvalue weighted by atomic mass is 10.2. The number of H-pyrrole nitrogens is 1. The zero-order valence-electron chi connectivity index (χ0n) is 9.63. The number of esters is 1. The van der Waals surface area contributed by atoms with E-state index in [0.29, 0.717) is 12.2 Å². The maximum absolute atomic E-state index is 11.8. The minimum Gasteiger partial charge on any atom is -0.462 e. The van der Waals surface area contributed by atoms with Crippen molar-refractivity contribution in [2.24, 2.45) is 0 Å².